The third kappa shape index (κ3) is 5.03. The lowest BCUT2D eigenvalue weighted by molar-refractivity contribution is 1.07. The van der Waals surface area contributed by atoms with Gasteiger partial charge < -0.3 is 4.57 Å². The number of para-hydroxylation sites is 1. The number of fused-ring (bicyclic) bond motifs is 3. The second-order valence-electron chi connectivity index (χ2n) is 11.8. The Balaban J connectivity index is 1.34. The van der Waals surface area contributed by atoms with Gasteiger partial charge in [0.15, 0.2) is 17.5 Å². The van der Waals surface area contributed by atoms with E-state index in [-0.39, 0.29) is 0 Å². The first-order valence-corrected chi connectivity index (χ1v) is 15.6. The fourth-order valence-electron chi connectivity index (χ4n) is 6.44. The molecule has 222 valence electrons. The quantitative estimate of drug-likeness (QED) is 0.196. The highest BCUT2D eigenvalue weighted by atomic mass is 15.0. The van der Waals surface area contributed by atoms with Crippen molar-refractivity contribution in [2.45, 2.75) is 13.8 Å². The zero-order valence-electron chi connectivity index (χ0n) is 26.0. The van der Waals surface area contributed by atoms with Crippen molar-refractivity contribution in [3.63, 3.8) is 0 Å². The van der Waals surface area contributed by atoms with Crippen molar-refractivity contribution in [2.75, 3.05) is 0 Å². The molecule has 2 aromatic heterocycles. The van der Waals surface area contributed by atoms with Crippen LogP contribution in [0.2, 0.25) is 0 Å². The summed E-state index contributed by atoms with van der Waals surface area (Å²) in [5, 5.41) is 12.6. The van der Waals surface area contributed by atoms with Crippen molar-refractivity contribution in [3.05, 3.63) is 156 Å². The molecule has 0 saturated heterocycles. The predicted octanol–water partition coefficient (Wildman–Crippen LogP) is 10.1. The van der Waals surface area contributed by atoms with E-state index in [0.29, 0.717) is 28.6 Å². The molecular weight excluding hydrogens is 574 g/mol. The molecule has 47 heavy (non-hydrogen) atoms. The van der Waals surface area contributed by atoms with Crippen LogP contribution >= 0.6 is 0 Å². The van der Waals surface area contributed by atoms with Crippen LogP contribution in [0.4, 0.5) is 0 Å². The van der Waals surface area contributed by atoms with Crippen molar-refractivity contribution >= 4 is 21.8 Å². The molecule has 5 heteroatoms. The van der Waals surface area contributed by atoms with Crippen LogP contribution < -0.4 is 0 Å². The monoisotopic (exact) mass is 603 g/mol. The minimum absolute atomic E-state index is 0.453. The first kappa shape index (κ1) is 28.1. The molecule has 0 amide bonds. The molecule has 0 aliphatic heterocycles. The first-order valence-electron chi connectivity index (χ1n) is 15.6. The molecule has 8 aromatic rings. The minimum Gasteiger partial charge on any atom is -0.309 e. The average molecular weight is 604 g/mol. The van der Waals surface area contributed by atoms with Crippen molar-refractivity contribution in [1.82, 2.24) is 19.5 Å². The van der Waals surface area contributed by atoms with Gasteiger partial charge in [-0.2, -0.15) is 5.26 Å². The molecule has 0 atom stereocenters. The SMILES string of the molecule is Cc1ccc(-c2ccc3c(c2)c2ccccc2n3-c2ccc(C#N)c(-c3nc(-c4ccccc4)nc(-c4ccccc4)n3)c2)c(C)c1. The smallest absolute Gasteiger partial charge is 0.165 e. The topological polar surface area (TPSA) is 67.4 Å². The molecule has 0 fully saturated rings. The summed E-state index contributed by atoms with van der Waals surface area (Å²) in [6.45, 7) is 4.29. The van der Waals surface area contributed by atoms with E-state index in [4.69, 9.17) is 15.0 Å². The van der Waals surface area contributed by atoms with Crippen molar-refractivity contribution < 1.29 is 0 Å². The van der Waals surface area contributed by atoms with Gasteiger partial charge in [0, 0.05) is 33.2 Å². The summed E-state index contributed by atoms with van der Waals surface area (Å²) in [6.07, 6.45) is 0. The molecule has 2 heterocycles. The Morgan fingerprint density at radius 1 is 0.511 bits per heavy atom. The van der Waals surface area contributed by atoms with E-state index < -0.39 is 0 Å². The maximum atomic E-state index is 10.3. The molecule has 5 nitrogen and oxygen atoms in total. The molecule has 0 spiro atoms. The zero-order chi connectivity index (χ0) is 31.9. The molecule has 8 rings (SSSR count). The third-order valence-corrected chi connectivity index (χ3v) is 8.69. The van der Waals surface area contributed by atoms with Gasteiger partial charge in [0.05, 0.1) is 22.7 Å². The van der Waals surface area contributed by atoms with E-state index in [1.165, 1.54) is 27.6 Å². The van der Waals surface area contributed by atoms with Gasteiger partial charge >= 0.3 is 0 Å². The maximum absolute atomic E-state index is 10.3. The standard InChI is InChI=1S/C42H29N5/c1-27-17-21-34(28(2)23-27)31-19-22-39-37(24-31)35-15-9-10-16-38(35)47(39)33-20-18-32(26-43)36(25-33)42-45-40(29-11-5-3-6-12-29)44-41(46-42)30-13-7-4-8-14-30/h3-25H,1-2H3. The van der Waals surface area contributed by atoms with Crippen LogP contribution in [0.25, 0.3) is 72.8 Å². The van der Waals surface area contributed by atoms with Crippen LogP contribution in [0.15, 0.2) is 140 Å². The third-order valence-electron chi connectivity index (χ3n) is 8.69. The van der Waals surface area contributed by atoms with Gasteiger partial charge in [0.1, 0.15) is 0 Å². The van der Waals surface area contributed by atoms with E-state index in [0.717, 1.165) is 33.2 Å². The lowest BCUT2D eigenvalue weighted by Gasteiger charge is -2.13. The molecule has 0 saturated carbocycles. The Hall–Kier alpha value is -6.38. The largest absolute Gasteiger partial charge is 0.309 e. The van der Waals surface area contributed by atoms with E-state index >= 15 is 0 Å². The summed E-state index contributed by atoms with van der Waals surface area (Å²) in [5.74, 6) is 1.56. The minimum atomic E-state index is 0.453. The summed E-state index contributed by atoms with van der Waals surface area (Å²) in [6, 6.07) is 49.8. The Labute approximate surface area is 273 Å². The van der Waals surface area contributed by atoms with Gasteiger partial charge in [-0.3, -0.25) is 0 Å². The second-order valence-corrected chi connectivity index (χ2v) is 11.8. The van der Waals surface area contributed by atoms with E-state index in [1.54, 1.807) is 0 Å². The van der Waals surface area contributed by atoms with E-state index in [1.807, 2.05) is 78.9 Å². The summed E-state index contributed by atoms with van der Waals surface area (Å²) in [5.41, 5.74) is 10.9. The van der Waals surface area contributed by atoms with Crippen LogP contribution in [0.1, 0.15) is 16.7 Å². The van der Waals surface area contributed by atoms with Gasteiger partial charge in [0.25, 0.3) is 0 Å². The molecule has 0 unspecified atom stereocenters. The Kier molecular flexibility index (Phi) is 6.89. The highest BCUT2D eigenvalue weighted by Gasteiger charge is 2.18. The van der Waals surface area contributed by atoms with Crippen LogP contribution in [0.5, 0.6) is 0 Å². The Morgan fingerprint density at radius 2 is 1.15 bits per heavy atom. The van der Waals surface area contributed by atoms with Crippen LogP contribution in [-0.4, -0.2) is 19.5 Å². The molecule has 6 aromatic carbocycles. The molecule has 0 N–H and O–H groups in total. The lowest BCUT2D eigenvalue weighted by atomic mass is 9.97. The highest BCUT2D eigenvalue weighted by Crippen LogP contribution is 2.37. The van der Waals surface area contributed by atoms with E-state index in [9.17, 15) is 5.26 Å². The second kappa shape index (κ2) is 11.5. The summed E-state index contributed by atoms with van der Waals surface area (Å²) >= 11 is 0. The molecule has 0 aliphatic carbocycles. The number of benzene rings is 6. The molecule has 0 bridgehead atoms. The van der Waals surface area contributed by atoms with Crippen LogP contribution in [0.3, 0.4) is 0 Å². The van der Waals surface area contributed by atoms with E-state index in [2.05, 4.69) is 85.1 Å². The Morgan fingerprint density at radius 3 is 1.83 bits per heavy atom. The number of rotatable bonds is 5. The lowest BCUT2D eigenvalue weighted by Crippen LogP contribution is -2.02. The molecule has 0 aliphatic rings. The predicted molar refractivity (Wildman–Crippen MR) is 190 cm³/mol. The summed E-state index contributed by atoms with van der Waals surface area (Å²) < 4.78 is 2.26. The van der Waals surface area contributed by atoms with Gasteiger partial charge in [-0.05, 0) is 66.9 Å². The fraction of sp³-hybridized carbons (Fsp3) is 0.0476. The van der Waals surface area contributed by atoms with Crippen molar-refractivity contribution in [1.29, 1.82) is 5.26 Å². The number of nitriles is 1. The van der Waals surface area contributed by atoms with Gasteiger partial charge in [0.2, 0.25) is 0 Å². The summed E-state index contributed by atoms with van der Waals surface area (Å²) in [7, 11) is 0. The maximum Gasteiger partial charge on any atom is 0.165 e. The number of hydrogen-bond acceptors (Lipinski definition) is 4. The van der Waals surface area contributed by atoms with Gasteiger partial charge in [-0.1, -0.05) is 109 Å². The fourth-order valence-corrected chi connectivity index (χ4v) is 6.44. The highest BCUT2D eigenvalue weighted by molar-refractivity contribution is 6.10. The van der Waals surface area contributed by atoms with Crippen molar-refractivity contribution in [3.8, 4) is 57.0 Å². The van der Waals surface area contributed by atoms with Gasteiger partial charge in [-0.25, -0.2) is 15.0 Å². The number of aryl methyl sites for hydroxylation is 2. The number of aromatic nitrogens is 4. The number of hydrogen-bond donors (Lipinski definition) is 0. The summed E-state index contributed by atoms with van der Waals surface area (Å²) in [4.78, 5) is 14.7. The zero-order valence-corrected chi connectivity index (χ0v) is 26.0. The first-order chi connectivity index (χ1) is 23.1. The average Bonchev–Trinajstić information content (AvgIpc) is 3.45. The molecule has 0 radical (unpaired) electrons. The number of nitrogens with zero attached hydrogens (tertiary/aromatic N) is 5. The molecular formula is C42H29N5. The Bertz CT molecular complexity index is 2430. The van der Waals surface area contributed by atoms with Crippen LogP contribution in [-0.2, 0) is 0 Å². The van der Waals surface area contributed by atoms with Crippen molar-refractivity contribution in [2.24, 2.45) is 0 Å². The van der Waals surface area contributed by atoms with Gasteiger partial charge in [-0.15, -0.1) is 0 Å². The normalized spacial score (nSPS) is 11.2. The van der Waals surface area contributed by atoms with Crippen LogP contribution in [0, 0.1) is 25.2 Å².